The molecule has 166 valence electrons. The molecule has 1 saturated heterocycles. The molecule has 2 aromatic carbocycles. The van der Waals surface area contributed by atoms with E-state index in [1.165, 1.54) is 0 Å². The monoisotopic (exact) mass is 449 g/mol. The third kappa shape index (κ3) is 3.48. The number of hydrogen-bond acceptors (Lipinski definition) is 4. The summed E-state index contributed by atoms with van der Waals surface area (Å²) < 4.78 is 0. The first-order valence-electron chi connectivity index (χ1n) is 11.3. The molecule has 2 heterocycles. The average molecular weight is 450 g/mol. The third-order valence-corrected chi connectivity index (χ3v) is 7.98. The van der Waals surface area contributed by atoms with E-state index in [-0.39, 0.29) is 18.4 Å². The number of amides is 4. The maximum Gasteiger partial charge on any atom is 0.325 e. The van der Waals surface area contributed by atoms with E-state index in [9.17, 15) is 14.4 Å². The molecule has 2 aliphatic heterocycles. The van der Waals surface area contributed by atoms with Crippen LogP contribution in [0.15, 0.2) is 53.4 Å². The smallest absolute Gasteiger partial charge is 0.319 e. The van der Waals surface area contributed by atoms with Crippen molar-refractivity contribution in [2.75, 3.05) is 18.0 Å². The highest BCUT2D eigenvalue weighted by molar-refractivity contribution is 8.00. The molecule has 1 spiro atoms. The van der Waals surface area contributed by atoms with Crippen molar-refractivity contribution < 1.29 is 14.4 Å². The van der Waals surface area contributed by atoms with Crippen LogP contribution in [-0.4, -0.2) is 41.1 Å². The normalized spacial score (nSPS) is 25.1. The van der Waals surface area contributed by atoms with Crippen LogP contribution in [0.4, 0.5) is 10.5 Å². The van der Waals surface area contributed by atoms with Crippen LogP contribution < -0.4 is 10.2 Å². The molecule has 0 bridgehead atoms. The lowest BCUT2D eigenvalue weighted by Gasteiger charge is -2.28. The number of hydrogen-bond donors (Lipinski definition) is 1. The number of nitrogens with one attached hydrogen (secondary N) is 1. The van der Waals surface area contributed by atoms with Crippen molar-refractivity contribution >= 4 is 35.3 Å². The number of nitrogens with zero attached hydrogens (tertiary/aromatic N) is 2. The zero-order valence-electron chi connectivity index (χ0n) is 18.2. The Bertz CT molecular complexity index is 1090. The van der Waals surface area contributed by atoms with Crippen LogP contribution in [0, 0.1) is 0 Å². The first-order chi connectivity index (χ1) is 15.5. The number of carbonyl (C=O) groups excluding carboxylic acids is 3. The Balaban J connectivity index is 1.43. The number of urea groups is 1. The van der Waals surface area contributed by atoms with Gasteiger partial charge in [0.2, 0.25) is 5.91 Å². The number of fused-ring (bicyclic) bond motifs is 3. The second-order valence-electron chi connectivity index (χ2n) is 8.82. The molecular formula is C25H27N3O3S. The summed E-state index contributed by atoms with van der Waals surface area (Å²) in [5.41, 5.74) is 1.76. The number of rotatable bonds is 2. The Morgan fingerprint density at radius 3 is 2.78 bits per heavy atom. The molecule has 0 aromatic heterocycles. The second-order valence-corrected chi connectivity index (χ2v) is 10.3. The topological polar surface area (TPSA) is 69.7 Å². The lowest BCUT2D eigenvalue weighted by molar-refractivity contribution is -0.134. The molecule has 1 aliphatic carbocycles. The van der Waals surface area contributed by atoms with Gasteiger partial charge < -0.3 is 10.2 Å². The zero-order chi connectivity index (χ0) is 22.3. The van der Waals surface area contributed by atoms with Crippen molar-refractivity contribution in [1.82, 2.24) is 10.2 Å². The molecule has 6 nitrogen and oxygen atoms in total. The van der Waals surface area contributed by atoms with Gasteiger partial charge in [-0.15, -0.1) is 11.8 Å². The summed E-state index contributed by atoms with van der Waals surface area (Å²) in [6.07, 6.45) is 4.11. The van der Waals surface area contributed by atoms with Crippen molar-refractivity contribution in [3.63, 3.8) is 0 Å². The Hall–Kier alpha value is -2.80. The van der Waals surface area contributed by atoms with Crippen LogP contribution in [0.5, 0.6) is 0 Å². The predicted octanol–water partition coefficient (Wildman–Crippen LogP) is 4.08. The summed E-state index contributed by atoms with van der Waals surface area (Å²) in [6.45, 7) is 2.48. The van der Waals surface area contributed by atoms with E-state index in [2.05, 4.69) is 12.2 Å². The fourth-order valence-electron chi connectivity index (χ4n) is 5.08. The Labute approximate surface area is 192 Å². The van der Waals surface area contributed by atoms with Gasteiger partial charge in [0.1, 0.15) is 12.1 Å². The van der Waals surface area contributed by atoms with E-state index in [0.29, 0.717) is 18.2 Å². The lowest BCUT2D eigenvalue weighted by Crippen LogP contribution is -2.46. The third-order valence-electron chi connectivity index (χ3n) is 6.74. The zero-order valence-corrected chi connectivity index (χ0v) is 19.0. The van der Waals surface area contributed by atoms with E-state index < -0.39 is 11.6 Å². The first-order valence-corrected chi connectivity index (χ1v) is 12.2. The molecular weight excluding hydrogens is 422 g/mol. The standard InChI is InChI=1S/C25H27N3O3S/c1-17-13-15-27(20-11-4-5-12-21(20)32-17)22(29)16-28-23(30)25(26-24(28)31)14-7-6-9-18-8-2-3-10-19(18)25/h2-5,8,10-12,17H,6-7,9,13-16H2,1H3,(H,26,31)/t17-,25+/m1/s1. The van der Waals surface area contributed by atoms with Gasteiger partial charge in [-0.3, -0.25) is 14.5 Å². The summed E-state index contributed by atoms with van der Waals surface area (Å²) in [6, 6.07) is 15.2. The van der Waals surface area contributed by atoms with Crippen LogP contribution in [0.2, 0.25) is 0 Å². The van der Waals surface area contributed by atoms with Crippen LogP contribution in [0.3, 0.4) is 0 Å². The van der Waals surface area contributed by atoms with E-state index in [4.69, 9.17) is 0 Å². The number of benzene rings is 2. The van der Waals surface area contributed by atoms with Gasteiger partial charge >= 0.3 is 6.03 Å². The minimum Gasteiger partial charge on any atom is -0.319 e. The molecule has 5 rings (SSSR count). The van der Waals surface area contributed by atoms with Gasteiger partial charge in [-0.25, -0.2) is 4.79 Å². The molecule has 4 amide bonds. The molecule has 0 unspecified atom stereocenters. The Kier molecular flexibility index (Phi) is 5.45. The van der Waals surface area contributed by atoms with E-state index in [1.54, 1.807) is 16.7 Å². The molecule has 3 aliphatic rings. The van der Waals surface area contributed by atoms with Crippen molar-refractivity contribution in [2.24, 2.45) is 0 Å². The molecule has 2 aromatic rings. The van der Waals surface area contributed by atoms with Crippen LogP contribution in [-0.2, 0) is 21.5 Å². The van der Waals surface area contributed by atoms with Gasteiger partial charge in [0, 0.05) is 16.7 Å². The van der Waals surface area contributed by atoms with Crippen LogP contribution in [0.1, 0.15) is 43.7 Å². The SMILES string of the molecule is C[C@@H]1CCN(C(=O)CN2C(=O)N[C@]3(CCCCc4ccccc43)C2=O)c2ccccc2S1. The van der Waals surface area contributed by atoms with Gasteiger partial charge in [0.15, 0.2) is 0 Å². The maximum absolute atomic E-state index is 13.7. The highest BCUT2D eigenvalue weighted by atomic mass is 32.2. The number of carbonyl (C=O) groups is 3. The fraction of sp³-hybridized carbons (Fsp3) is 0.400. The first kappa shape index (κ1) is 21.1. The van der Waals surface area contributed by atoms with Crippen molar-refractivity contribution in [1.29, 1.82) is 0 Å². The number of aryl methyl sites for hydroxylation is 1. The van der Waals surface area contributed by atoms with Gasteiger partial charge in [0.05, 0.1) is 5.69 Å². The van der Waals surface area contributed by atoms with Crippen LogP contribution >= 0.6 is 11.8 Å². The van der Waals surface area contributed by atoms with Gasteiger partial charge in [-0.1, -0.05) is 43.3 Å². The highest BCUT2D eigenvalue weighted by Crippen LogP contribution is 2.40. The number of para-hydroxylation sites is 1. The summed E-state index contributed by atoms with van der Waals surface area (Å²) in [5.74, 6) is -0.536. The van der Waals surface area contributed by atoms with E-state index in [1.807, 2.05) is 48.5 Å². The molecule has 32 heavy (non-hydrogen) atoms. The largest absolute Gasteiger partial charge is 0.325 e. The lowest BCUT2D eigenvalue weighted by atomic mass is 9.84. The maximum atomic E-state index is 13.7. The summed E-state index contributed by atoms with van der Waals surface area (Å²) in [5, 5.41) is 3.36. The fourth-order valence-corrected chi connectivity index (χ4v) is 6.20. The summed E-state index contributed by atoms with van der Waals surface area (Å²) in [4.78, 5) is 43.9. The van der Waals surface area contributed by atoms with Crippen molar-refractivity contribution in [3.8, 4) is 0 Å². The minimum absolute atomic E-state index is 0.227. The quantitative estimate of drug-likeness (QED) is 0.702. The molecule has 1 fully saturated rings. The summed E-state index contributed by atoms with van der Waals surface area (Å²) in [7, 11) is 0. The van der Waals surface area contributed by atoms with E-state index >= 15 is 0 Å². The predicted molar refractivity (Wildman–Crippen MR) is 125 cm³/mol. The second kappa shape index (κ2) is 8.28. The average Bonchev–Trinajstić information content (AvgIpc) is 2.95. The minimum atomic E-state index is -1.06. The number of imide groups is 1. The molecule has 0 saturated carbocycles. The van der Waals surface area contributed by atoms with Crippen LogP contribution in [0.25, 0.3) is 0 Å². The van der Waals surface area contributed by atoms with Crippen molar-refractivity contribution in [2.45, 2.75) is 54.7 Å². The van der Waals surface area contributed by atoms with E-state index in [0.717, 1.165) is 52.3 Å². The van der Waals surface area contributed by atoms with Gasteiger partial charge in [-0.05, 0) is 55.4 Å². The number of anilines is 1. The van der Waals surface area contributed by atoms with Crippen molar-refractivity contribution in [3.05, 3.63) is 59.7 Å². The summed E-state index contributed by atoms with van der Waals surface area (Å²) >= 11 is 1.76. The van der Waals surface area contributed by atoms with Gasteiger partial charge in [0.25, 0.3) is 5.91 Å². The van der Waals surface area contributed by atoms with Gasteiger partial charge in [-0.2, -0.15) is 0 Å². The molecule has 7 heteroatoms. The highest BCUT2D eigenvalue weighted by Gasteiger charge is 2.53. The molecule has 0 radical (unpaired) electrons. The Morgan fingerprint density at radius 1 is 1.12 bits per heavy atom. The number of thioether (sulfide) groups is 1. The molecule has 1 N–H and O–H groups in total. The Morgan fingerprint density at radius 2 is 1.91 bits per heavy atom. The molecule has 2 atom stereocenters.